The molecule has 1 aliphatic heterocycles. The second-order valence-electron chi connectivity index (χ2n) is 7.09. The molecule has 1 atom stereocenters. The highest BCUT2D eigenvalue weighted by Gasteiger charge is 2.20. The first-order chi connectivity index (χ1) is 12.6. The van der Waals surface area contributed by atoms with Crippen LogP contribution in [0.15, 0.2) is 12.1 Å². The van der Waals surface area contributed by atoms with Gasteiger partial charge in [-0.15, -0.1) is 0 Å². The van der Waals surface area contributed by atoms with E-state index in [-0.39, 0.29) is 12.0 Å². The van der Waals surface area contributed by atoms with E-state index >= 15 is 0 Å². The maximum absolute atomic E-state index is 12.7. The van der Waals surface area contributed by atoms with Gasteiger partial charge in [0.25, 0.3) is 5.91 Å². The van der Waals surface area contributed by atoms with Crippen molar-refractivity contribution >= 4 is 23.2 Å². The number of nitrogen functional groups attached to an aromatic ring is 1. The van der Waals surface area contributed by atoms with Crippen LogP contribution >= 0.6 is 11.6 Å². The van der Waals surface area contributed by atoms with Crippen molar-refractivity contribution < 1.29 is 14.3 Å². The standard InChI is InChI=1S/C19H28ClN3O3/c20-16-8-15(19(24)23-11-14-10-22-6-7-25-14)18(9-17(16)21)26-12-13-4-2-1-3-5-13/h8-9,13-14,22H,1-7,10-12,21H2,(H,23,24). The monoisotopic (exact) mass is 381 g/mol. The van der Waals surface area contributed by atoms with Gasteiger partial charge in [0.15, 0.2) is 0 Å². The first kappa shape index (κ1) is 19.3. The predicted octanol–water partition coefficient (Wildman–Crippen LogP) is 2.60. The molecule has 3 rings (SSSR count). The fraction of sp³-hybridized carbons (Fsp3) is 0.632. The minimum atomic E-state index is -0.222. The minimum Gasteiger partial charge on any atom is -0.492 e. The van der Waals surface area contributed by atoms with E-state index in [1.54, 1.807) is 12.1 Å². The second kappa shape index (κ2) is 9.44. The highest BCUT2D eigenvalue weighted by molar-refractivity contribution is 6.33. The maximum atomic E-state index is 12.7. The largest absolute Gasteiger partial charge is 0.492 e. The molecule has 2 aliphatic rings. The van der Waals surface area contributed by atoms with E-state index in [9.17, 15) is 4.79 Å². The van der Waals surface area contributed by atoms with Crippen LogP contribution in [0.5, 0.6) is 5.75 Å². The van der Waals surface area contributed by atoms with E-state index in [0.717, 1.165) is 13.1 Å². The third-order valence-electron chi connectivity index (χ3n) is 5.04. The van der Waals surface area contributed by atoms with Gasteiger partial charge in [-0.25, -0.2) is 0 Å². The average Bonchev–Trinajstić information content (AvgIpc) is 2.68. The number of carbonyl (C=O) groups is 1. The fourth-order valence-corrected chi connectivity index (χ4v) is 3.64. The van der Waals surface area contributed by atoms with E-state index in [0.29, 0.717) is 47.7 Å². The molecule has 0 bridgehead atoms. The first-order valence-electron chi connectivity index (χ1n) is 9.46. The molecule has 1 heterocycles. The van der Waals surface area contributed by atoms with Crippen molar-refractivity contribution in [2.75, 3.05) is 38.6 Å². The quantitative estimate of drug-likeness (QED) is 0.659. The molecule has 2 fully saturated rings. The summed E-state index contributed by atoms with van der Waals surface area (Å²) in [6, 6.07) is 3.24. The number of nitrogens with one attached hydrogen (secondary N) is 2. The van der Waals surface area contributed by atoms with Crippen molar-refractivity contribution in [3.05, 3.63) is 22.7 Å². The molecule has 1 aromatic rings. The summed E-state index contributed by atoms with van der Waals surface area (Å²) in [5, 5.41) is 6.51. The van der Waals surface area contributed by atoms with Crippen LogP contribution in [-0.2, 0) is 4.74 Å². The van der Waals surface area contributed by atoms with Crippen LogP contribution in [0.25, 0.3) is 0 Å². The summed E-state index contributed by atoms with van der Waals surface area (Å²) >= 11 is 6.13. The predicted molar refractivity (Wildman–Crippen MR) is 103 cm³/mol. The number of morpholine rings is 1. The number of halogens is 1. The molecule has 1 aromatic carbocycles. The van der Waals surface area contributed by atoms with Gasteiger partial charge in [0.05, 0.1) is 35.6 Å². The van der Waals surface area contributed by atoms with Gasteiger partial charge in [0, 0.05) is 25.7 Å². The highest BCUT2D eigenvalue weighted by atomic mass is 35.5. The first-order valence-corrected chi connectivity index (χ1v) is 9.83. The number of hydrogen-bond donors (Lipinski definition) is 3. The molecule has 144 valence electrons. The summed E-state index contributed by atoms with van der Waals surface area (Å²) < 4.78 is 11.6. The van der Waals surface area contributed by atoms with Crippen LogP contribution in [0, 0.1) is 5.92 Å². The van der Waals surface area contributed by atoms with E-state index in [1.165, 1.54) is 32.1 Å². The van der Waals surface area contributed by atoms with E-state index in [2.05, 4.69) is 10.6 Å². The second-order valence-corrected chi connectivity index (χ2v) is 7.50. The van der Waals surface area contributed by atoms with Gasteiger partial charge >= 0.3 is 0 Å². The van der Waals surface area contributed by atoms with E-state index in [4.69, 9.17) is 26.8 Å². The maximum Gasteiger partial charge on any atom is 0.255 e. The molecular formula is C19H28ClN3O3. The number of amides is 1. The smallest absolute Gasteiger partial charge is 0.255 e. The van der Waals surface area contributed by atoms with Crippen molar-refractivity contribution in [3.8, 4) is 5.75 Å². The van der Waals surface area contributed by atoms with Crippen molar-refractivity contribution in [1.82, 2.24) is 10.6 Å². The Balaban J connectivity index is 1.63. The van der Waals surface area contributed by atoms with Crippen LogP contribution in [0.2, 0.25) is 5.02 Å². The van der Waals surface area contributed by atoms with Gasteiger partial charge < -0.3 is 25.8 Å². The lowest BCUT2D eigenvalue weighted by molar-refractivity contribution is 0.0287. The molecule has 1 aliphatic carbocycles. The zero-order valence-corrected chi connectivity index (χ0v) is 15.8. The normalized spacial score (nSPS) is 21.3. The Morgan fingerprint density at radius 2 is 2.15 bits per heavy atom. The SMILES string of the molecule is Nc1cc(OCC2CCCCC2)c(C(=O)NCC2CNCCO2)cc1Cl. The number of hydrogen-bond acceptors (Lipinski definition) is 5. The Hall–Kier alpha value is -1.50. The summed E-state index contributed by atoms with van der Waals surface area (Å²) in [7, 11) is 0. The molecule has 1 saturated heterocycles. The molecule has 1 amide bonds. The Labute approximate surface area is 159 Å². The number of carbonyl (C=O) groups excluding carboxylic acids is 1. The Morgan fingerprint density at radius 1 is 1.35 bits per heavy atom. The summed E-state index contributed by atoms with van der Waals surface area (Å²) in [5.41, 5.74) is 6.76. The zero-order valence-electron chi connectivity index (χ0n) is 15.1. The summed E-state index contributed by atoms with van der Waals surface area (Å²) in [6.07, 6.45) is 6.13. The third-order valence-corrected chi connectivity index (χ3v) is 5.36. The van der Waals surface area contributed by atoms with Gasteiger partial charge in [-0.1, -0.05) is 30.9 Å². The number of anilines is 1. The van der Waals surface area contributed by atoms with Crippen molar-refractivity contribution in [2.24, 2.45) is 5.92 Å². The number of benzene rings is 1. The van der Waals surface area contributed by atoms with Gasteiger partial charge in [0.2, 0.25) is 0 Å². The summed E-state index contributed by atoms with van der Waals surface area (Å²) in [5.74, 6) is 0.815. The lowest BCUT2D eigenvalue weighted by atomic mass is 9.90. The molecule has 4 N–H and O–H groups in total. The van der Waals surface area contributed by atoms with E-state index in [1.807, 2.05) is 0 Å². The molecule has 0 radical (unpaired) electrons. The van der Waals surface area contributed by atoms with Gasteiger partial charge in [-0.05, 0) is 24.8 Å². The average molecular weight is 382 g/mol. The lowest BCUT2D eigenvalue weighted by Crippen LogP contribution is -2.45. The summed E-state index contributed by atoms with van der Waals surface area (Å²) in [4.78, 5) is 12.7. The number of ether oxygens (including phenoxy) is 2. The summed E-state index contributed by atoms with van der Waals surface area (Å²) in [6.45, 7) is 3.28. The molecule has 7 heteroatoms. The van der Waals surface area contributed by atoms with E-state index < -0.39 is 0 Å². The molecule has 0 aromatic heterocycles. The number of nitrogens with two attached hydrogens (primary N) is 1. The van der Waals surface area contributed by atoms with Crippen molar-refractivity contribution in [3.63, 3.8) is 0 Å². The molecular weight excluding hydrogens is 354 g/mol. The minimum absolute atomic E-state index is 0.0245. The van der Waals surface area contributed by atoms with Gasteiger partial charge in [-0.2, -0.15) is 0 Å². The van der Waals surface area contributed by atoms with Crippen molar-refractivity contribution in [1.29, 1.82) is 0 Å². The Morgan fingerprint density at radius 3 is 2.88 bits per heavy atom. The molecule has 6 nitrogen and oxygen atoms in total. The van der Waals surface area contributed by atoms with Crippen molar-refractivity contribution in [2.45, 2.75) is 38.2 Å². The topological polar surface area (TPSA) is 85.6 Å². The Bertz CT molecular complexity index is 614. The highest BCUT2D eigenvalue weighted by Crippen LogP contribution is 2.31. The van der Waals surface area contributed by atoms with Crippen LogP contribution in [-0.4, -0.2) is 44.9 Å². The van der Waals surface area contributed by atoms with Crippen LogP contribution in [0.4, 0.5) is 5.69 Å². The number of rotatable bonds is 6. The van der Waals surface area contributed by atoms with Crippen LogP contribution in [0.1, 0.15) is 42.5 Å². The van der Waals surface area contributed by atoms with Gasteiger partial charge in [-0.3, -0.25) is 4.79 Å². The molecule has 1 unspecified atom stereocenters. The molecule has 0 spiro atoms. The van der Waals surface area contributed by atoms with Crippen LogP contribution in [0.3, 0.4) is 0 Å². The lowest BCUT2D eigenvalue weighted by Gasteiger charge is -2.24. The van der Waals surface area contributed by atoms with Crippen LogP contribution < -0.4 is 21.1 Å². The molecule has 26 heavy (non-hydrogen) atoms. The molecule has 1 saturated carbocycles. The Kier molecular flexibility index (Phi) is 7.00. The fourth-order valence-electron chi connectivity index (χ4n) is 3.48. The zero-order chi connectivity index (χ0) is 18.4. The third kappa shape index (κ3) is 5.25. The van der Waals surface area contributed by atoms with Gasteiger partial charge in [0.1, 0.15) is 5.75 Å².